The highest BCUT2D eigenvalue weighted by molar-refractivity contribution is 6.30. The first kappa shape index (κ1) is 18.6. The summed E-state index contributed by atoms with van der Waals surface area (Å²) < 4.78 is 1.83. The Hall–Kier alpha value is -2.80. The molecule has 1 N–H and O–H groups in total. The van der Waals surface area contributed by atoms with Crippen LogP contribution in [0.15, 0.2) is 30.3 Å². The van der Waals surface area contributed by atoms with Crippen LogP contribution in [0, 0.1) is 13.8 Å². The van der Waals surface area contributed by atoms with E-state index in [0.29, 0.717) is 18.8 Å². The number of rotatable bonds is 3. The van der Waals surface area contributed by atoms with Gasteiger partial charge in [-0.1, -0.05) is 17.7 Å². The van der Waals surface area contributed by atoms with Crippen molar-refractivity contribution in [2.45, 2.75) is 13.8 Å². The van der Waals surface area contributed by atoms with Gasteiger partial charge in [-0.25, -0.2) is 0 Å². The van der Waals surface area contributed by atoms with E-state index >= 15 is 0 Å². The largest absolute Gasteiger partial charge is 0.368 e. The molecule has 3 aromatic rings. The van der Waals surface area contributed by atoms with Crippen LogP contribution < -0.4 is 4.90 Å². The number of nitrogens with zero attached hydrogens (tertiary/aromatic N) is 5. The minimum absolute atomic E-state index is 0.0244. The predicted octanol–water partition coefficient (Wildman–Crippen LogP) is 3.04. The summed E-state index contributed by atoms with van der Waals surface area (Å²) in [4.78, 5) is 17.0. The monoisotopic (exact) mass is 398 g/mol. The fourth-order valence-corrected chi connectivity index (χ4v) is 3.90. The first-order valence-corrected chi connectivity index (χ1v) is 9.67. The van der Waals surface area contributed by atoms with Gasteiger partial charge in [-0.15, -0.1) is 0 Å². The maximum absolute atomic E-state index is 12.9. The second-order valence-corrected chi connectivity index (χ2v) is 7.53. The summed E-state index contributed by atoms with van der Waals surface area (Å²) in [5.74, 6) is -0.0244. The van der Waals surface area contributed by atoms with Crippen LogP contribution in [0.2, 0.25) is 5.02 Å². The van der Waals surface area contributed by atoms with Gasteiger partial charge in [0.25, 0.3) is 5.91 Å². The van der Waals surface area contributed by atoms with Crippen molar-refractivity contribution in [1.29, 1.82) is 0 Å². The zero-order valence-electron chi connectivity index (χ0n) is 16.2. The van der Waals surface area contributed by atoms with Gasteiger partial charge in [0.05, 0.1) is 11.4 Å². The van der Waals surface area contributed by atoms with Gasteiger partial charge in [0.2, 0.25) is 0 Å². The lowest BCUT2D eigenvalue weighted by atomic mass is 10.1. The summed E-state index contributed by atoms with van der Waals surface area (Å²) in [6, 6.07) is 9.64. The fraction of sp³-hybridized carbons (Fsp3) is 0.350. The average molecular weight is 399 g/mol. The number of halogens is 1. The van der Waals surface area contributed by atoms with Crippen molar-refractivity contribution in [3.05, 3.63) is 52.4 Å². The van der Waals surface area contributed by atoms with Gasteiger partial charge in [0.1, 0.15) is 5.69 Å². The van der Waals surface area contributed by atoms with E-state index in [1.807, 2.05) is 60.8 Å². The number of nitrogens with one attached hydrogen (secondary N) is 1. The van der Waals surface area contributed by atoms with Gasteiger partial charge in [0, 0.05) is 55.2 Å². The van der Waals surface area contributed by atoms with Crippen LogP contribution in [0.5, 0.6) is 0 Å². The standard InChI is InChI=1S/C20H23ClN6O/c1-13-19(14(2)25(3)24-13)17-12-18(23-22-17)20(28)27-9-7-26(8-10-27)16-6-4-5-15(21)11-16/h4-6,11-12H,7-10H2,1-3H3,(H,22,23). The Kier molecular flexibility index (Phi) is 4.85. The van der Waals surface area contributed by atoms with Crippen molar-refractivity contribution in [3.63, 3.8) is 0 Å². The molecular weight excluding hydrogens is 376 g/mol. The summed E-state index contributed by atoms with van der Waals surface area (Å²) in [7, 11) is 1.91. The third-order valence-corrected chi connectivity index (χ3v) is 5.55. The molecule has 1 saturated heterocycles. The van der Waals surface area contributed by atoms with Gasteiger partial charge in [-0.2, -0.15) is 10.2 Å². The Labute approximate surface area is 168 Å². The molecule has 8 heteroatoms. The molecule has 0 bridgehead atoms. The summed E-state index contributed by atoms with van der Waals surface area (Å²) in [5, 5.41) is 12.4. The molecule has 1 aliphatic rings. The van der Waals surface area contributed by atoms with Crippen LogP contribution in [0.4, 0.5) is 5.69 Å². The first-order valence-electron chi connectivity index (χ1n) is 9.30. The molecule has 3 heterocycles. The minimum atomic E-state index is -0.0244. The zero-order chi connectivity index (χ0) is 19.8. The Morgan fingerprint density at radius 1 is 1.14 bits per heavy atom. The van der Waals surface area contributed by atoms with E-state index in [2.05, 4.69) is 20.2 Å². The Bertz CT molecular complexity index is 1020. The Morgan fingerprint density at radius 2 is 1.89 bits per heavy atom. The number of hydrogen-bond acceptors (Lipinski definition) is 4. The van der Waals surface area contributed by atoms with Crippen LogP contribution >= 0.6 is 11.6 Å². The molecule has 0 spiro atoms. The van der Waals surface area contributed by atoms with Crippen molar-refractivity contribution < 1.29 is 4.79 Å². The molecule has 0 atom stereocenters. The van der Waals surface area contributed by atoms with E-state index < -0.39 is 0 Å². The number of piperazine rings is 1. The molecule has 1 amide bonds. The number of aromatic amines is 1. The molecule has 0 saturated carbocycles. The Balaban J connectivity index is 1.46. The maximum atomic E-state index is 12.9. The van der Waals surface area contributed by atoms with Gasteiger partial charge in [-0.05, 0) is 38.1 Å². The molecular formula is C20H23ClN6O. The van der Waals surface area contributed by atoms with Crippen molar-refractivity contribution in [2.75, 3.05) is 31.1 Å². The fourth-order valence-electron chi connectivity index (χ4n) is 3.71. The quantitative estimate of drug-likeness (QED) is 0.736. The van der Waals surface area contributed by atoms with E-state index in [-0.39, 0.29) is 5.91 Å². The molecule has 0 unspecified atom stereocenters. The predicted molar refractivity (Wildman–Crippen MR) is 110 cm³/mol. The zero-order valence-corrected chi connectivity index (χ0v) is 17.0. The number of anilines is 1. The lowest BCUT2D eigenvalue weighted by Gasteiger charge is -2.36. The van der Waals surface area contributed by atoms with Crippen LogP contribution in [-0.4, -0.2) is 57.0 Å². The van der Waals surface area contributed by atoms with Crippen molar-refractivity contribution in [1.82, 2.24) is 24.9 Å². The Morgan fingerprint density at radius 3 is 2.54 bits per heavy atom. The summed E-state index contributed by atoms with van der Waals surface area (Å²) in [6.07, 6.45) is 0. The van der Waals surface area contributed by atoms with E-state index in [1.165, 1.54) is 0 Å². The third kappa shape index (κ3) is 3.38. The van der Waals surface area contributed by atoms with E-state index in [4.69, 9.17) is 11.6 Å². The normalized spacial score (nSPS) is 14.6. The van der Waals surface area contributed by atoms with Gasteiger partial charge in [-0.3, -0.25) is 14.6 Å². The van der Waals surface area contributed by atoms with Crippen LogP contribution in [0.25, 0.3) is 11.3 Å². The highest BCUT2D eigenvalue weighted by atomic mass is 35.5. The number of aromatic nitrogens is 4. The maximum Gasteiger partial charge on any atom is 0.272 e. The van der Waals surface area contributed by atoms with Crippen molar-refractivity contribution >= 4 is 23.2 Å². The minimum Gasteiger partial charge on any atom is -0.368 e. The molecule has 0 aliphatic carbocycles. The van der Waals surface area contributed by atoms with Crippen LogP contribution in [0.1, 0.15) is 21.9 Å². The lowest BCUT2D eigenvalue weighted by molar-refractivity contribution is 0.0741. The highest BCUT2D eigenvalue weighted by Gasteiger charge is 2.25. The number of carbonyl (C=O) groups excluding carboxylic acids is 1. The second-order valence-electron chi connectivity index (χ2n) is 7.10. The molecule has 0 radical (unpaired) electrons. The molecule has 2 aromatic heterocycles. The summed E-state index contributed by atoms with van der Waals surface area (Å²) in [6.45, 7) is 6.81. The number of carbonyl (C=O) groups is 1. The van der Waals surface area contributed by atoms with Crippen molar-refractivity contribution in [2.24, 2.45) is 7.05 Å². The SMILES string of the molecule is Cc1nn(C)c(C)c1-c1cc(C(=O)N2CCN(c3cccc(Cl)c3)CC2)[nH]n1. The van der Waals surface area contributed by atoms with Crippen molar-refractivity contribution in [3.8, 4) is 11.3 Å². The number of aryl methyl sites for hydroxylation is 2. The van der Waals surface area contributed by atoms with E-state index in [9.17, 15) is 4.79 Å². The molecule has 4 rings (SSSR count). The number of amides is 1. The molecule has 1 fully saturated rings. The molecule has 1 aromatic carbocycles. The van der Waals surface area contributed by atoms with Crippen LogP contribution in [-0.2, 0) is 7.05 Å². The number of H-pyrrole nitrogens is 1. The van der Waals surface area contributed by atoms with Gasteiger partial charge >= 0.3 is 0 Å². The third-order valence-electron chi connectivity index (χ3n) is 5.31. The molecule has 28 heavy (non-hydrogen) atoms. The van der Waals surface area contributed by atoms with Gasteiger partial charge in [0.15, 0.2) is 0 Å². The lowest BCUT2D eigenvalue weighted by Crippen LogP contribution is -2.48. The number of hydrogen-bond donors (Lipinski definition) is 1. The smallest absolute Gasteiger partial charge is 0.272 e. The molecule has 146 valence electrons. The topological polar surface area (TPSA) is 70.1 Å². The second kappa shape index (κ2) is 7.31. The summed E-state index contributed by atoms with van der Waals surface area (Å²) >= 11 is 6.09. The average Bonchev–Trinajstić information content (AvgIpc) is 3.26. The van der Waals surface area contributed by atoms with Gasteiger partial charge < -0.3 is 9.80 Å². The van der Waals surface area contributed by atoms with E-state index in [1.54, 1.807) is 0 Å². The first-order chi connectivity index (χ1) is 13.4. The molecule has 1 aliphatic heterocycles. The summed E-state index contributed by atoms with van der Waals surface area (Å²) in [5.41, 5.74) is 5.26. The van der Waals surface area contributed by atoms with E-state index in [0.717, 1.165) is 46.4 Å². The number of benzene rings is 1. The van der Waals surface area contributed by atoms with Crippen LogP contribution in [0.3, 0.4) is 0 Å². The molecule has 7 nitrogen and oxygen atoms in total. The highest BCUT2D eigenvalue weighted by Crippen LogP contribution is 2.26.